The van der Waals surface area contributed by atoms with Gasteiger partial charge in [0.1, 0.15) is 5.01 Å². The fourth-order valence-electron chi connectivity index (χ4n) is 1.86. The lowest BCUT2D eigenvalue weighted by Crippen LogP contribution is -2.27. The predicted octanol–water partition coefficient (Wildman–Crippen LogP) is 2.68. The number of ether oxygens (including phenoxy) is 1. The largest absolute Gasteiger partial charge is 0.379 e. The minimum Gasteiger partial charge on any atom is -0.379 e. The maximum absolute atomic E-state index is 11.9. The van der Waals surface area contributed by atoms with Gasteiger partial charge in [-0.15, -0.1) is 11.3 Å². The monoisotopic (exact) mass is 319 g/mol. The summed E-state index contributed by atoms with van der Waals surface area (Å²) in [5, 5.41) is 5.70. The van der Waals surface area contributed by atoms with Crippen LogP contribution >= 0.6 is 11.3 Å². The van der Waals surface area contributed by atoms with Gasteiger partial charge >= 0.3 is 0 Å². The lowest BCUT2D eigenvalue weighted by molar-refractivity contribution is -0.120. The highest BCUT2D eigenvalue weighted by Crippen LogP contribution is 2.22. The van der Waals surface area contributed by atoms with E-state index in [0.29, 0.717) is 19.6 Å². The maximum atomic E-state index is 11.9. The number of hydrogen-bond acceptors (Lipinski definition) is 5. The number of rotatable bonds is 8. The molecule has 0 aliphatic carbocycles. The van der Waals surface area contributed by atoms with E-state index in [0.717, 1.165) is 22.7 Å². The third-order valence-corrected chi connectivity index (χ3v) is 3.84. The van der Waals surface area contributed by atoms with E-state index in [2.05, 4.69) is 15.3 Å². The van der Waals surface area contributed by atoms with E-state index in [1.54, 1.807) is 12.4 Å². The number of nitrogens with zero attached hydrogens (tertiary/aromatic N) is 2. The molecule has 118 valence electrons. The fourth-order valence-corrected chi connectivity index (χ4v) is 2.67. The van der Waals surface area contributed by atoms with Crippen molar-refractivity contribution in [2.24, 2.45) is 0 Å². The van der Waals surface area contributed by atoms with Crippen molar-refractivity contribution in [3.8, 4) is 10.6 Å². The Labute approximate surface area is 134 Å². The van der Waals surface area contributed by atoms with Crippen molar-refractivity contribution in [1.82, 2.24) is 15.3 Å². The maximum Gasteiger partial charge on any atom is 0.226 e. The Bertz CT molecular complexity index is 584. The molecule has 1 N–H and O–H groups in total. The Kier molecular flexibility index (Phi) is 6.48. The molecule has 0 fully saturated rings. The summed E-state index contributed by atoms with van der Waals surface area (Å²) in [6, 6.07) is 3.84. The Morgan fingerprint density at radius 1 is 1.45 bits per heavy atom. The van der Waals surface area contributed by atoms with Crippen LogP contribution < -0.4 is 5.32 Å². The van der Waals surface area contributed by atoms with Crippen LogP contribution in [0.3, 0.4) is 0 Å². The fraction of sp³-hybridized carbons (Fsp3) is 0.438. The van der Waals surface area contributed by atoms with Gasteiger partial charge in [-0.25, -0.2) is 4.98 Å². The normalized spacial score (nSPS) is 10.9. The molecule has 0 saturated heterocycles. The molecule has 0 atom stereocenters. The number of pyridine rings is 1. The van der Waals surface area contributed by atoms with E-state index >= 15 is 0 Å². The second kappa shape index (κ2) is 8.60. The van der Waals surface area contributed by atoms with Crippen molar-refractivity contribution in [3.63, 3.8) is 0 Å². The zero-order valence-electron chi connectivity index (χ0n) is 12.9. The molecule has 0 unspecified atom stereocenters. The highest BCUT2D eigenvalue weighted by Gasteiger charge is 2.08. The molecule has 0 radical (unpaired) electrons. The van der Waals surface area contributed by atoms with Crippen LogP contribution in [-0.2, 0) is 16.0 Å². The Balaban J connectivity index is 1.74. The molecule has 2 aromatic heterocycles. The Morgan fingerprint density at radius 3 is 3.05 bits per heavy atom. The van der Waals surface area contributed by atoms with Gasteiger partial charge in [-0.1, -0.05) is 0 Å². The van der Waals surface area contributed by atoms with Crippen LogP contribution in [0.1, 0.15) is 26.0 Å². The molecule has 0 aliphatic heterocycles. The molecule has 5 nitrogen and oxygen atoms in total. The summed E-state index contributed by atoms with van der Waals surface area (Å²) in [4.78, 5) is 20.4. The van der Waals surface area contributed by atoms with Gasteiger partial charge in [-0.2, -0.15) is 0 Å². The number of aromatic nitrogens is 2. The minimum atomic E-state index is -0.00687. The summed E-state index contributed by atoms with van der Waals surface area (Å²) in [5.74, 6) is -0.00687. The van der Waals surface area contributed by atoms with Crippen LogP contribution in [0, 0.1) is 0 Å². The van der Waals surface area contributed by atoms with Gasteiger partial charge in [0.05, 0.1) is 18.2 Å². The van der Waals surface area contributed by atoms with E-state index in [4.69, 9.17) is 4.74 Å². The molecule has 1 amide bonds. The smallest absolute Gasteiger partial charge is 0.226 e. The average Bonchev–Trinajstić information content (AvgIpc) is 2.96. The number of carbonyl (C=O) groups excluding carboxylic acids is 1. The van der Waals surface area contributed by atoms with Crippen LogP contribution in [0.2, 0.25) is 0 Å². The summed E-state index contributed by atoms with van der Waals surface area (Å²) < 4.78 is 5.43. The summed E-state index contributed by atoms with van der Waals surface area (Å²) >= 11 is 1.53. The van der Waals surface area contributed by atoms with Crippen molar-refractivity contribution >= 4 is 17.2 Å². The highest BCUT2D eigenvalue weighted by molar-refractivity contribution is 7.13. The van der Waals surface area contributed by atoms with Gasteiger partial charge in [-0.3, -0.25) is 9.78 Å². The standard InChI is InChI=1S/C16H21N3O2S/c1-12(2)21-8-4-7-18-15(20)9-14-11-22-16(19-14)13-5-3-6-17-10-13/h3,5-6,10-12H,4,7-9H2,1-2H3,(H,18,20). The molecule has 2 heterocycles. The van der Waals surface area contributed by atoms with Crippen molar-refractivity contribution in [3.05, 3.63) is 35.6 Å². The van der Waals surface area contributed by atoms with Gasteiger partial charge in [0.15, 0.2) is 0 Å². The molecular weight excluding hydrogens is 298 g/mol. The number of carbonyl (C=O) groups is 1. The lowest BCUT2D eigenvalue weighted by atomic mass is 10.3. The topological polar surface area (TPSA) is 64.1 Å². The number of hydrogen-bond donors (Lipinski definition) is 1. The van der Waals surface area contributed by atoms with Crippen molar-refractivity contribution in [2.75, 3.05) is 13.2 Å². The Hall–Kier alpha value is -1.79. The molecule has 0 bridgehead atoms. The molecule has 2 aromatic rings. The van der Waals surface area contributed by atoms with E-state index < -0.39 is 0 Å². The third kappa shape index (κ3) is 5.54. The highest BCUT2D eigenvalue weighted by atomic mass is 32.1. The van der Waals surface area contributed by atoms with Crippen molar-refractivity contribution in [1.29, 1.82) is 0 Å². The third-order valence-electron chi connectivity index (χ3n) is 2.90. The SMILES string of the molecule is CC(C)OCCCNC(=O)Cc1csc(-c2cccnc2)n1. The van der Waals surface area contributed by atoms with Crippen LogP contribution in [0.5, 0.6) is 0 Å². The first-order valence-electron chi connectivity index (χ1n) is 7.38. The molecule has 0 spiro atoms. The summed E-state index contributed by atoms with van der Waals surface area (Å²) in [5.41, 5.74) is 1.77. The van der Waals surface area contributed by atoms with Gasteiger partial charge < -0.3 is 10.1 Å². The van der Waals surface area contributed by atoms with E-state index in [-0.39, 0.29) is 12.0 Å². The lowest BCUT2D eigenvalue weighted by Gasteiger charge is -2.07. The van der Waals surface area contributed by atoms with Crippen LogP contribution in [-0.4, -0.2) is 35.1 Å². The van der Waals surface area contributed by atoms with E-state index in [1.165, 1.54) is 11.3 Å². The molecular formula is C16H21N3O2S. The quantitative estimate of drug-likeness (QED) is 0.760. The zero-order valence-corrected chi connectivity index (χ0v) is 13.7. The Morgan fingerprint density at radius 2 is 2.32 bits per heavy atom. The van der Waals surface area contributed by atoms with Gasteiger partial charge in [0.2, 0.25) is 5.91 Å². The molecule has 0 aliphatic rings. The predicted molar refractivity (Wildman–Crippen MR) is 87.8 cm³/mol. The molecule has 0 saturated carbocycles. The second-order valence-electron chi connectivity index (χ2n) is 5.19. The van der Waals surface area contributed by atoms with Crippen LogP contribution in [0.25, 0.3) is 10.6 Å². The summed E-state index contributed by atoms with van der Waals surface area (Å²) in [7, 11) is 0. The molecule has 2 rings (SSSR count). The number of nitrogens with one attached hydrogen (secondary N) is 1. The van der Waals surface area contributed by atoms with Gasteiger partial charge in [0, 0.05) is 36.5 Å². The molecule has 0 aromatic carbocycles. The first-order chi connectivity index (χ1) is 10.6. The van der Waals surface area contributed by atoms with Crippen molar-refractivity contribution in [2.45, 2.75) is 32.8 Å². The average molecular weight is 319 g/mol. The minimum absolute atomic E-state index is 0.00687. The summed E-state index contributed by atoms with van der Waals surface area (Å²) in [6.07, 6.45) is 4.87. The van der Waals surface area contributed by atoms with Crippen LogP contribution in [0.4, 0.5) is 0 Å². The summed E-state index contributed by atoms with van der Waals surface area (Å²) in [6.45, 7) is 5.30. The first-order valence-corrected chi connectivity index (χ1v) is 8.26. The molecule has 6 heteroatoms. The van der Waals surface area contributed by atoms with E-state index in [1.807, 2.05) is 31.4 Å². The number of amides is 1. The first kappa shape index (κ1) is 16.6. The second-order valence-corrected chi connectivity index (χ2v) is 6.04. The zero-order chi connectivity index (χ0) is 15.8. The molecule has 22 heavy (non-hydrogen) atoms. The van der Waals surface area contributed by atoms with Gasteiger partial charge in [-0.05, 0) is 32.4 Å². The van der Waals surface area contributed by atoms with Gasteiger partial charge in [0.25, 0.3) is 0 Å². The van der Waals surface area contributed by atoms with Crippen molar-refractivity contribution < 1.29 is 9.53 Å². The van der Waals surface area contributed by atoms with Crippen LogP contribution in [0.15, 0.2) is 29.9 Å². The van der Waals surface area contributed by atoms with E-state index in [9.17, 15) is 4.79 Å². The number of thiazole rings is 1.